The lowest BCUT2D eigenvalue weighted by Crippen LogP contribution is -2.17. The van der Waals surface area contributed by atoms with Crippen molar-refractivity contribution in [3.63, 3.8) is 0 Å². The quantitative estimate of drug-likeness (QED) is 0.357. The first kappa shape index (κ1) is 19.2. The van der Waals surface area contributed by atoms with Crippen LogP contribution in [0.15, 0.2) is 91.4 Å². The number of fused-ring (bicyclic) bond motifs is 1. The van der Waals surface area contributed by atoms with Crippen LogP contribution in [0.3, 0.4) is 0 Å². The van der Waals surface area contributed by atoms with E-state index in [4.69, 9.17) is 18.3 Å². The van der Waals surface area contributed by atoms with Crippen LogP contribution in [0.4, 0.5) is 0 Å². The Morgan fingerprint density at radius 2 is 1.67 bits per heavy atom. The van der Waals surface area contributed by atoms with Crippen molar-refractivity contribution in [3.8, 4) is 5.75 Å². The monoisotopic (exact) mass is 404 g/mol. The van der Waals surface area contributed by atoms with E-state index in [0.29, 0.717) is 11.0 Å². The van der Waals surface area contributed by atoms with Gasteiger partial charge in [0.05, 0.1) is 0 Å². The predicted molar refractivity (Wildman–Crippen MR) is 107 cm³/mol. The second-order valence-corrected chi connectivity index (χ2v) is 6.41. The molecule has 0 aliphatic rings. The first-order valence-corrected chi connectivity index (χ1v) is 9.08. The third-order valence-corrected chi connectivity index (χ3v) is 4.30. The third kappa shape index (κ3) is 4.30. The van der Waals surface area contributed by atoms with Crippen LogP contribution >= 0.6 is 0 Å². The average Bonchev–Trinajstić information content (AvgIpc) is 2.77. The lowest BCUT2D eigenvalue weighted by atomic mass is 10.2. The SMILES string of the molecule is O=C(OCc1cc(=O)c(OCc2ccccc2)co1)c1cc2ccccc2oc1=O. The van der Waals surface area contributed by atoms with Gasteiger partial charge in [0.2, 0.25) is 11.2 Å². The van der Waals surface area contributed by atoms with E-state index in [-0.39, 0.29) is 30.3 Å². The van der Waals surface area contributed by atoms with Gasteiger partial charge in [0, 0.05) is 11.5 Å². The number of benzene rings is 2. The molecule has 0 saturated carbocycles. The zero-order valence-electron chi connectivity index (χ0n) is 15.7. The second kappa shape index (κ2) is 8.48. The third-order valence-electron chi connectivity index (χ3n) is 4.30. The number of esters is 1. The Kier molecular flexibility index (Phi) is 5.43. The first-order chi connectivity index (χ1) is 14.6. The minimum atomic E-state index is -0.874. The number of ether oxygens (including phenoxy) is 2. The average molecular weight is 404 g/mol. The molecule has 4 aromatic rings. The molecule has 0 atom stereocenters. The van der Waals surface area contributed by atoms with Crippen molar-refractivity contribution in [1.29, 1.82) is 0 Å². The summed E-state index contributed by atoms with van der Waals surface area (Å²) in [6.07, 6.45) is 1.17. The molecule has 0 fully saturated rings. The number of hydrogen-bond acceptors (Lipinski definition) is 7. The van der Waals surface area contributed by atoms with Gasteiger partial charge in [-0.25, -0.2) is 9.59 Å². The van der Waals surface area contributed by atoms with Crippen molar-refractivity contribution in [3.05, 3.63) is 111 Å². The smallest absolute Gasteiger partial charge is 0.351 e. The van der Waals surface area contributed by atoms with Gasteiger partial charge in [-0.3, -0.25) is 4.79 Å². The molecular weight excluding hydrogens is 388 g/mol. The molecule has 0 saturated heterocycles. The van der Waals surface area contributed by atoms with Gasteiger partial charge in [-0.1, -0.05) is 48.5 Å². The largest absolute Gasteiger partial charge is 0.482 e. The van der Waals surface area contributed by atoms with E-state index in [1.54, 1.807) is 24.3 Å². The van der Waals surface area contributed by atoms with Crippen LogP contribution in [-0.2, 0) is 18.0 Å². The van der Waals surface area contributed by atoms with Crippen LogP contribution in [0.25, 0.3) is 11.0 Å². The van der Waals surface area contributed by atoms with Crippen LogP contribution in [0, 0.1) is 0 Å². The van der Waals surface area contributed by atoms with Gasteiger partial charge in [0.15, 0.2) is 0 Å². The molecule has 0 aliphatic carbocycles. The Balaban J connectivity index is 1.42. The highest BCUT2D eigenvalue weighted by molar-refractivity contribution is 5.92. The predicted octanol–water partition coefficient (Wildman–Crippen LogP) is 3.68. The van der Waals surface area contributed by atoms with Gasteiger partial charge in [0.1, 0.15) is 36.4 Å². The van der Waals surface area contributed by atoms with Crippen LogP contribution in [0.5, 0.6) is 5.75 Å². The Morgan fingerprint density at radius 3 is 2.47 bits per heavy atom. The van der Waals surface area contributed by atoms with Gasteiger partial charge < -0.3 is 18.3 Å². The van der Waals surface area contributed by atoms with Crippen LogP contribution < -0.4 is 15.8 Å². The summed E-state index contributed by atoms with van der Waals surface area (Å²) < 4.78 is 21.0. The van der Waals surface area contributed by atoms with Crippen molar-refractivity contribution in [2.24, 2.45) is 0 Å². The van der Waals surface area contributed by atoms with Crippen LogP contribution in [0.2, 0.25) is 0 Å². The van der Waals surface area contributed by atoms with Crippen molar-refractivity contribution in [2.75, 3.05) is 0 Å². The van der Waals surface area contributed by atoms with Gasteiger partial charge in [0.25, 0.3) is 0 Å². The summed E-state index contributed by atoms with van der Waals surface area (Å²) in [5.41, 5.74) is -0.169. The summed E-state index contributed by atoms with van der Waals surface area (Å²) in [6.45, 7) is -0.100. The van der Waals surface area contributed by atoms with Crippen molar-refractivity contribution >= 4 is 16.9 Å². The molecule has 150 valence electrons. The Hall–Kier alpha value is -4.13. The molecule has 2 aromatic carbocycles. The van der Waals surface area contributed by atoms with Crippen molar-refractivity contribution < 1.29 is 23.1 Å². The topological polar surface area (TPSA) is 96.0 Å². The molecule has 2 aromatic heterocycles. The molecule has 0 unspecified atom stereocenters. The summed E-state index contributed by atoms with van der Waals surface area (Å²) in [5, 5.41) is 0.593. The highest BCUT2D eigenvalue weighted by Gasteiger charge is 2.16. The summed E-state index contributed by atoms with van der Waals surface area (Å²) in [5.74, 6) is -0.712. The summed E-state index contributed by atoms with van der Waals surface area (Å²) in [6, 6.07) is 18.8. The van der Waals surface area contributed by atoms with E-state index in [9.17, 15) is 14.4 Å². The highest BCUT2D eigenvalue weighted by atomic mass is 16.5. The molecular formula is C23H16O7. The molecule has 0 amide bonds. The number of carbonyl (C=O) groups excluding carboxylic acids is 1. The minimum absolute atomic E-state index is 0.0455. The zero-order chi connectivity index (χ0) is 20.9. The molecule has 7 nitrogen and oxygen atoms in total. The molecule has 0 radical (unpaired) electrons. The zero-order valence-corrected chi connectivity index (χ0v) is 15.7. The maximum Gasteiger partial charge on any atom is 0.351 e. The maximum atomic E-state index is 12.3. The van der Waals surface area contributed by atoms with E-state index >= 15 is 0 Å². The Labute approximate surface area is 170 Å². The highest BCUT2D eigenvalue weighted by Crippen LogP contribution is 2.14. The lowest BCUT2D eigenvalue weighted by molar-refractivity contribution is 0.0438. The minimum Gasteiger partial charge on any atom is -0.482 e. The second-order valence-electron chi connectivity index (χ2n) is 6.41. The molecule has 0 spiro atoms. The fourth-order valence-corrected chi connectivity index (χ4v) is 2.77. The van der Waals surface area contributed by atoms with E-state index in [2.05, 4.69) is 0 Å². The van der Waals surface area contributed by atoms with E-state index in [1.165, 1.54) is 18.4 Å². The number of rotatable bonds is 6. The number of hydrogen-bond donors (Lipinski definition) is 0. The summed E-state index contributed by atoms with van der Waals surface area (Å²) in [7, 11) is 0. The molecule has 4 rings (SSSR count). The first-order valence-electron chi connectivity index (χ1n) is 9.08. The van der Waals surface area contributed by atoms with E-state index < -0.39 is 17.0 Å². The lowest BCUT2D eigenvalue weighted by Gasteiger charge is -2.07. The molecule has 2 heterocycles. The summed E-state index contributed by atoms with van der Waals surface area (Å²) in [4.78, 5) is 36.5. The summed E-state index contributed by atoms with van der Waals surface area (Å²) >= 11 is 0. The number of para-hydroxylation sites is 1. The molecule has 7 heteroatoms. The van der Waals surface area contributed by atoms with Crippen molar-refractivity contribution in [2.45, 2.75) is 13.2 Å². The van der Waals surface area contributed by atoms with Crippen LogP contribution in [0.1, 0.15) is 21.7 Å². The Morgan fingerprint density at radius 1 is 0.900 bits per heavy atom. The van der Waals surface area contributed by atoms with Crippen molar-refractivity contribution in [1.82, 2.24) is 0 Å². The molecule has 0 bridgehead atoms. The number of carbonyl (C=O) groups is 1. The van der Waals surface area contributed by atoms with Gasteiger partial charge in [-0.05, 0) is 17.7 Å². The fourth-order valence-electron chi connectivity index (χ4n) is 2.77. The van der Waals surface area contributed by atoms with Gasteiger partial charge in [-0.2, -0.15) is 0 Å². The van der Waals surface area contributed by atoms with Gasteiger partial charge >= 0.3 is 11.6 Å². The maximum absolute atomic E-state index is 12.3. The Bertz CT molecular complexity index is 1300. The van der Waals surface area contributed by atoms with Crippen LogP contribution in [-0.4, -0.2) is 5.97 Å². The molecule has 30 heavy (non-hydrogen) atoms. The standard InChI is InChI=1S/C23H16O7/c24-19-11-17(27-14-21(19)28-12-15-6-2-1-3-7-15)13-29-22(25)18-10-16-8-4-5-9-20(16)30-23(18)26/h1-11,14H,12-13H2. The normalized spacial score (nSPS) is 10.7. The van der Waals surface area contributed by atoms with Gasteiger partial charge in [-0.15, -0.1) is 0 Å². The molecule has 0 N–H and O–H groups in total. The molecule has 0 aliphatic heterocycles. The van der Waals surface area contributed by atoms with E-state index in [0.717, 1.165) is 5.56 Å². The fraction of sp³-hybridized carbons (Fsp3) is 0.0870. The van der Waals surface area contributed by atoms with E-state index in [1.807, 2.05) is 30.3 Å².